The van der Waals surface area contributed by atoms with E-state index >= 15 is 0 Å². The van der Waals surface area contributed by atoms with Crippen molar-refractivity contribution in [2.45, 2.75) is 0 Å². The summed E-state index contributed by atoms with van der Waals surface area (Å²) >= 11 is 3.50. The van der Waals surface area contributed by atoms with E-state index in [0.29, 0.717) is 0 Å². The molecule has 4 rings (SSSR count). The SMILES string of the molecule is Brc1cc2ocnc2c2c1oc1ccccc12. The summed E-state index contributed by atoms with van der Waals surface area (Å²) in [5.41, 5.74) is 3.27. The van der Waals surface area contributed by atoms with Gasteiger partial charge < -0.3 is 8.83 Å². The highest BCUT2D eigenvalue weighted by molar-refractivity contribution is 9.10. The fourth-order valence-corrected chi connectivity index (χ4v) is 2.66. The standard InChI is InChI=1S/C13H6BrNO2/c14-8-5-10-12(15-6-16-10)11-7-3-1-2-4-9(7)17-13(8)11/h1-6H. The molecule has 2 aromatic carbocycles. The van der Waals surface area contributed by atoms with Crippen LogP contribution in [0.25, 0.3) is 33.0 Å². The molecule has 3 nitrogen and oxygen atoms in total. The zero-order chi connectivity index (χ0) is 11.4. The van der Waals surface area contributed by atoms with Crippen LogP contribution >= 0.6 is 15.9 Å². The third-order valence-corrected chi connectivity index (χ3v) is 3.49. The second-order valence-electron chi connectivity index (χ2n) is 3.86. The molecule has 0 fully saturated rings. The van der Waals surface area contributed by atoms with Crippen LogP contribution in [0.2, 0.25) is 0 Å². The van der Waals surface area contributed by atoms with Crippen LogP contribution in [-0.2, 0) is 0 Å². The summed E-state index contributed by atoms with van der Waals surface area (Å²) in [4.78, 5) is 4.26. The summed E-state index contributed by atoms with van der Waals surface area (Å²) in [6, 6.07) is 9.81. The largest absolute Gasteiger partial charge is 0.455 e. The fourth-order valence-electron chi connectivity index (χ4n) is 2.17. The Morgan fingerprint density at radius 2 is 2.00 bits per heavy atom. The second-order valence-corrected chi connectivity index (χ2v) is 4.71. The monoisotopic (exact) mass is 287 g/mol. The summed E-state index contributed by atoms with van der Waals surface area (Å²) in [7, 11) is 0. The molecule has 0 spiro atoms. The number of hydrogen-bond donors (Lipinski definition) is 0. The summed E-state index contributed by atoms with van der Waals surface area (Å²) in [5, 5.41) is 2.06. The molecule has 4 heteroatoms. The molecule has 0 saturated heterocycles. The summed E-state index contributed by atoms with van der Waals surface area (Å²) in [6.07, 6.45) is 1.46. The van der Waals surface area contributed by atoms with E-state index in [9.17, 15) is 0 Å². The van der Waals surface area contributed by atoms with Crippen molar-refractivity contribution in [1.29, 1.82) is 0 Å². The Hall–Kier alpha value is -1.81. The first kappa shape index (κ1) is 9.24. The molecule has 0 aliphatic rings. The molecule has 82 valence electrons. The number of nitrogens with zero attached hydrogens (tertiary/aromatic N) is 1. The molecule has 2 heterocycles. The number of benzene rings is 2. The van der Waals surface area contributed by atoms with E-state index in [1.165, 1.54) is 6.39 Å². The lowest BCUT2D eigenvalue weighted by molar-refractivity contribution is 0.601. The van der Waals surface area contributed by atoms with Crippen LogP contribution < -0.4 is 0 Å². The lowest BCUT2D eigenvalue weighted by Crippen LogP contribution is -1.73. The van der Waals surface area contributed by atoms with E-state index in [1.54, 1.807) is 0 Å². The van der Waals surface area contributed by atoms with Crippen LogP contribution in [-0.4, -0.2) is 4.98 Å². The van der Waals surface area contributed by atoms with Crippen LogP contribution in [0.4, 0.5) is 0 Å². The predicted octanol–water partition coefficient (Wildman–Crippen LogP) is 4.49. The minimum absolute atomic E-state index is 0.760. The van der Waals surface area contributed by atoms with Gasteiger partial charge in [0.1, 0.15) is 11.1 Å². The molecular weight excluding hydrogens is 282 g/mol. The minimum atomic E-state index is 0.760. The Bertz CT molecular complexity index is 860. The van der Waals surface area contributed by atoms with Gasteiger partial charge in [-0.25, -0.2) is 4.98 Å². The Balaban J connectivity index is 2.43. The van der Waals surface area contributed by atoms with Gasteiger partial charge in [0.25, 0.3) is 0 Å². The summed E-state index contributed by atoms with van der Waals surface area (Å²) < 4.78 is 12.1. The molecule has 4 aromatic rings. The quantitative estimate of drug-likeness (QED) is 0.478. The Kier molecular flexibility index (Phi) is 1.69. The van der Waals surface area contributed by atoms with E-state index in [-0.39, 0.29) is 0 Å². The smallest absolute Gasteiger partial charge is 0.182 e. The Morgan fingerprint density at radius 1 is 1.12 bits per heavy atom. The first-order valence-corrected chi connectivity index (χ1v) is 5.97. The number of hydrogen-bond acceptors (Lipinski definition) is 3. The molecule has 0 radical (unpaired) electrons. The van der Waals surface area contributed by atoms with Crippen LogP contribution in [0.1, 0.15) is 0 Å². The Labute approximate surface area is 104 Å². The van der Waals surface area contributed by atoms with Crippen molar-refractivity contribution >= 4 is 49.0 Å². The molecule has 0 unspecified atom stereocenters. The van der Waals surface area contributed by atoms with Gasteiger partial charge >= 0.3 is 0 Å². The van der Waals surface area contributed by atoms with Gasteiger partial charge in [-0.05, 0) is 22.0 Å². The van der Waals surface area contributed by atoms with E-state index in [2.05, 4.69) is 20.9 Å². The lowest BCUT2D eigenvalue weighted by Gasteiger charge is -1.93. The average molecular weight is 288 g/mol. The number of halogens is 1. The number of furan rings is 1. The molecule has 0 amide bonds. The van der Waals surface area contributed by atoms with Crippen LogP contribution in [0.3, 0.4) is 0 Å². The van der Waals surface area contributed by atoms with Crippen molar-refractivity contribution in [3.05, 3.63) is 41.2 Å². The molecule has 17 heavy (non-hydrogen) atoms. The summed E-state index contributed by atoms with van der Waals surface area (Å²) in [5.74, 6) is 0. The van der Waals surface area contributed by atoms with Crippen molar-refractivity contribution in [3.63, 3.8) is 0 Å². The first-order chi connectivity index (χ1) is 8.34. The molecule has 0 aliphatic heterocycles. The molecular formula is C13H6BrNO2. The lowest BCUT2D eigenvalue weighted by atomic mass is 10.1. The number of rotatable bonds is 0. The molecule has 2 aromatic heterocycles. The van der Waals surface area contributed by atoms with E-state index in [4.69, 9.17) is 8.83 Å². The van der Waals surface area contributed by atoms with E-state index in [1.807, 2.05) is 30.3 Å². The number of aromatic nitrogens is 1. The van der Waals surface area contributed by atoms with Gasteiger partial charge in [0.2, 0.25) is 0 Å². The van der Waals surface area contributed by atoms with Crippen molar-refractivity contribution in [1.82, 2.24) is 4.98 Å². The van der Waals surface area contributed by atoms with Crippen molar-refractivity contribution < 1.29 is 8.83 Å². The fraction of sp³-hybridized carbons (Fsp3) is 0. The minimum Gasteiger partial charge on any atom is -0.455 e. The number of oxazole rings is 1. The van der Waals surface area contributed by atoms with Gasteiger partial charge in [-0.1, -0.05) is 18.2 Å². The molecule has 0 saturated carbocycles. The van der Waals surface area contributed by atoms with E-state index < -0.39 is 0 Å². The number of para-hydroxylation sites is 1. The van der Waals surface area contributed by atoms with E-state index in [0.717, 1.165) is 37.5 Å². The van der Waals surface area contributed by atoms with Crippen molar-refractivity contribution in [2.24, 2.45) is 0 Å². The van der Waals surface area contributed by atoms with Gasteiger partial charge in [-0.3, -0.25) is 0 Å². The highest BCUT2D eigenvalue weighted by Crippen LogP contribution is 2.38. The third-order valence-electron chi connectivity index (χ3n) is 2.90. The highest BCUT2D eigenvalue weighted by atomic mass is 79.9. The van der Waals surface area contributed by atoms with Crippen LogP contribution in [0, 0.1) is 0 Å². The average Bonchev–Trinajstić information content (AvgIpc) is 2.91. The van der Waals surface area contributed by atoms with Gasteiger partial charge in [-0.15, -0.1) is 0 Å². The highest BCUT2D eigenvalue weighted by Gasteiger charge is 2.15. The molecule has 0 N–H and O–H groups in total. The van der Waals surface area contributed by atoms with Gasteiger partial charge in [0.05, 0.1) is 9.86 Å². The molecule has 0 bridgehead atoms. The normalized spacial score (nSPS) is 11.8. The first-order valence-electron chi connectivity index (χ1n) is 5.17. The molecule has 0 aliphatic carbocycles. The molecule has 0 atom stereocenters. The maximum absolute atomic E-state index is 5.83. The second kappa shape index (κ2) is 3.11. The Morgan fingerprint density at radius 3 is 2.94 bits per heavy atom. The van der Waals surface area contributed by atoms with Crippen LogP contribution in [0.5, 0.6) is 0 Å². The van der Waals surface area contributed by atoms with Gasteiger partial charge in [0, 0.05) is 11.5 Å². The zero-order valence-corrected chi connectivity index (χ0v) is 10.2. The zero-order valence-electron chi connectivity index (χ0n) is 8.61. The number of fused-ring (bicyclic) bond motifs is 5. The topological polar surface area (TPSA) is 39.2 Å². The third kappa shape index (κ3) is 1.13. The summed E-state index contributed by atoms with van der Waals surface area (Å²) in [6.45, 7) is 0. The van der Waals surface area contributed by atoms with Crippen molar-refractivity contribution in [2.75, 3.05) is 0 Å². The maximum atomic E-state index is 5.83. The maximum Gasteiger partial charge on any atom is 0.182 e. The van der Waals surface area contributed by atoms with Crippen molar-refractivity contribution in [3.8, 4) is 0 Å². The van der Waals surface area contributed by atoms with Crippen LogP contribution in [0.15, 0.2) is 50.0 Å². The van der Waals surface area contributed by atoms with Gasteiger partial charge in [0.15, 0.2) is 17.6 Å². The van der Waals surface area contributed by atoms with Gasteiger partial charge in [-0.2, -0.15) is 0 Å². The predicted molar refractivity (Wildman–Crippen MR) is 69.0 cm³/mol.